The van der Waals surface area contributed by atoms with Crippen LogP contribution in [-0.2, 0) is 17.8 Å². The lowest BCUT2D eigenvalue weighted by Gasteiger charge is -2.37. The fourth-order valence-electron chi connectivity index (χ4n) is 3.96. The minimum Gasteiger partial charge on any atom is -0.481 e. The smallest absolute Gasteiger partial charge is 0.310 e. The molecule has 0 unspecified atom stereocenters. The highest BCUT2D eigenvalue weighted by Gasteiger charge is 2.40. The number of carboxylic acid groups (broad SMARTS) is 1. The maximum atomic E-state index is 11.9. The van der Waals surface area contributed by atoms with Gasteiger partial charge in [0.15, 0.2) is 0 Å². The van der Waals surface area contributed by atoms with Crippen molar-refractivity contribution in [1.82, 2.24) is 4.90 Å². The Labute approximate surface area is 127 Å². The summed E-state index contributed by atoms with van der Waals surface area (Å²) in [5.74, 6) is -0.580. The molecule has 1 N–H and O–H groups in total. The molecule has 3 rings (SSSR count). The van der Waals surface area contributed by atoms with Gasteiger partial charge in [0.2, 0.25) is 0 Å². The topological polar surface area (TPSA) is 40.5 Å². The highest BCUT2D eigenvalue weighted by Crippen LogP contribution is 2.37. The Kier molecular flexibility index (Phi) is 4.29. The van der Waals surface area contributed by atoms with Gasteiger partial charge in [-0.3, -0.25) is 9.69 Å². The number of rotatable bonds is 3. The van der Waals surface area contributed by atoms with E-state index in [-0.39, 0.29) is 0 Å². The first-order valence-electron chi connectivity index (χ1n) is 8.22. The van der Waals surface area contributed by atoms with Crippen molar-refractivity contribution in [2.75, 3.05) is 13.1 Å². The Morgan fingerprint density at radius 2 is 1.76 bits per heavy atom. The first kappa shape index (κ1) is 14.6. The van der Waals surface area contributed by atoms with Crippen LogP contribution in [0.15, 0.2) is 24.3 Å². The van der Waals surface area contributed by atoms with E-state index in [0.717, 1.165) is 51.7 Å². The lowest BCUT2D eigenvalue weighted by Crippen LogP contribution is -2.44. The minimum absolute atomic E-state index is 0.511. The number of hydrogen-bond donors (Lipinski definition) is 1. The first-order valence-corrected chi connectivity index (χ1v) is 8.22. The van der Waals surface area contributed by atoms with E-state index < -0.39 is 11.4 Å². The standard InChI is InChI=1S/C18H25NO2/c20-17(21)18(10-5-1-2-6-11-18)14-19-12-9-15-7-3-4-8-16(15)13-19/h3-4,7-8H,1-2,5-6,9-14H2,(H,20,21). The number of carbonyl (C=O) groups is 1. The molecule has 0 saturated heterocycles. The second-order valence-corrected chi connectivity index (χ2v) is 6.73. The van der Waals surface area contributed by atoms with Gasteiger partial charge in [-0.15, -0.1) is 0 Å². The zero-order valence-corrected chi connectivity index (χ0v) is 12.7. The van der Waals surface area contributed by atoms with Gasteiger partial charge in [0.1, 0.15) is 0 Å². The number of fused-ring (bicyclic) bond motifs is 1. The second kappa shape index (κ2) is 6.18. The van der Waals surface area contributed by atoms with Crippen LogP contribution in [0.5, 0.6) is 0 Å². The number of hydrogen-bond acceptors (Lipinski definition) is 2. The van der Waals surface area contributed by atoms with E-state index in [0.29, 0.717) is 0 Å². The van der Waals surface area contributed by atoms with Crippen LogP contribution < -0.4 is 0 Å². The number of benzene rings is 1. The van der Waals surface area contributed by atoms with Crippen molar-refractivity contribution < 1.29 is 9.90 Å². The van der Waals surface area contributed by atoms with E-state index in [1.807, 2.05) is 0 Å². The van der Waals surface area contributed by atoms with Gasteiger partial charge in [0, 0.05) is 19.6 Å². The molecule has 1 fully saturated rings. The Balaban J connectivity index is 1.74. The summed E-state index contributed by atoms with van der Waals surface area (Å²) in [5.41, 5.74) is 2.29. The zero-order chi connectivity index (χ0) is 14.7. The molecule has 1 aromatic rings. The monoisotopic (exact) mass is 287 g/mol. The summed E-state index contributed by atoms with van der Waals surface area (Å²) in [7, 11) is 0. The van der Waals surface area contributed by atoms with Crippen molar-refractivity contribution in [2.24, 2.45) is 5.41 Å². The van der Waals surface area contributed by atoms with Gasteiger partial charge in [0.05, 0.1) is 5.41 Å². The third-order valence-corrected chi connectivity index (χ3v) is 5.25. The van der Waals surface area contributed by atoms with E-state index in [1.165, 1.54) is 24.0 Å². The van der Waals surface area contributed by atoms with Crippen LogP contribution in [-0.4, -0.2) is 29.1 Å². The van der Waals surface area contributed by atoms with Gasteiger partial charge in [-0.05, 0) is 30.4 Å². The van der Waals surface area contributed by atoms with Crippen LogP contribution in [0.3, 0.4) is 0 Å². The molecule has 0 spiro atoms. The SMILES string of the molecule is O=C(O)C1(CN2CCc3ccccc3C2)CCCCCC1. The van der Waals surface area contributed by atoms with E-state index in [2.05, 4.69) is 29.2 Å². The summed E-state index contributed by atoms with van der Waals surface area (Å²) in [6.45, 7) is 2.62. The van der Waals surface area contributed by atoms with Crippen LogP contribution in [0.25, 0.3) is 0 Å². The van der Waals surface area contributed by atoms with E-state index >= 15 is 0 Å². The van der Waals surface area contributed by atoms with Crippen molar-refractivity contribution in [3.8, 4) is 0 Å². The molecule has 0 radical (unpaired) electrons. The summed E-state index contributed by atoms with van der Waals surface area (Å²) in [6.07, 6.45) is 7.26. The summed E-state index contributed by atoms with van der Waals surface area (Å²) >= 11 is 0. The van der Waals surface area contributed by atoms with Crippen LogP contribution >= 0.6 is 0 Å². The Bertz CT molecular complexity index is 504. The molecule has 1 heterocycles. The molecular formula is C18H25NO2. The summed E-state index contributed by atoms with van der Waals surface area (Å²) in [6, 6.07) is 8.56. The van der Waals surface area contributed by atoms with Gasteiger partial charge in [-0.2, -0.15) is 0 Å². The highest BCUT2D eigenvalue weighted by molar-refractivity contribution is 5.75. The molecule has 3 nitrogen and oxygen atoms in total. The lowest BCUT2D eigenvalue weighted by atomic mass is 9.79. The van der Waals surface area contributed by atoms with Crippen molar-refractivity contribution in [3.05, 3.63) is 35.4 Å². The quantitative estimate of drug-likeness (QED) is 0.865. The predicted molar refractivity (Wildman–Crippen MR) is 83.2 cm³/mol. The Morgan fingerprint density at radius 1 is 1.10 bits per heavy atom. The maximum Gasteiger partial charge on any atom is 0.310 e. The molecular weight excluding hydrogens is 262 g/mol. The third kappa shape index (κ3) is 3.13. The zero-order valence-electron chi connectivity index (χ0n) is 12.7. The predicted octanol–water partition coefficient (Wildman–Crippen LogP) is 3.47. The number of aliphatic carboxylic acids is 1. The first-order chi connectivity index (χ1) is 10.2. The van der Waals surface area contributed by atoms with Gasteiger partial charge >= 0.3 is 5.97 Å². The van der Waals surface area contributed by atoms with Crippen molar-refractivity contribution in [1.29, 1.82) is 0 Å². The number of nitrogens with zero attached hydrogens (tertiary/aromatic N) is 1. The van der Waals surface area contributed by atoms with E-state index in [4.69, 9.17) is 0 Å². The number of carboxylic acids is 1. The summed E-state index contributed by atoms with van der Waals surface area (Å²) in [4.78, 5) is 14.3. The lowest BCUT2D eigenvalue weighted by molar-refractivity contribution is -0.151. The summed E-state index contributed by atoms with van der Waals surface area (Å²) in [5, 5.41) is 9.81. The molecule has 1 aliphatic heterocycles. The van der Waals surface area contributed by atoms with Crippen LogP contribution in [0.1, 0.15) is 49.7 Å². The summed E-state index contributed by atoms with van der Waals surface area (Å²) < 4.78 is 0. The molecule has 0 aromatic heterocycles. The normalized spacial score (nSPS) is 22.3. The Hall–Kier alpha value is -1.35. The van der Waals surface area contributed by atoms with E-state index in [1.54, 1.807) is 0 Å². The second-order valence-electron chi connectivity index (χ2n) is 6.73. The molecule has 1 saturated carbocycles. The molecule has 1 aliphatic carbocycles. The van der Waals surface area contributed by atoms with Gasteiger partial charge < -0.3 is 5.11 Å². The van der Waals surface area contributed by atoms with Gasteiger partial charge in [0.25, 0.3) is 0 Å². The molecule has 0 atom stereocenters. The maximum absolute atomic E-state index is 11.9. The van der Waals surface area contributed by atoms with Gasteiger partial charge in [-0.1, -0.05) is 49.9 Å². The molecule has 3 heteroatoms. The largest absolute Gasteiger partial charge is 0.481 e. The average Bonchev–Trinajstić information content (AvgIpc) is 2.74. The average molecular weight is 287 g/mol. The molecule has 0 amide bonds. The fourth-order valence-corrected chi connectivity index (χ4v) is 3.96. The van der Waals surface area contributed by atoms with Crippen LogP contribution in [0.2, 0.25) is 0 Å². The van der Waals surface area contributed by atoms with Crippen LogP contribution in [0, 0.1) is 5.41 Å². The molecule has 114 valence electrons. The molecule has 0 bridgehead atoms. The minimum atomic E-state index is -0.580. The molecule has 1 aromatic carbocycles. The molecule has 21 heavy (non-hydrogen) atoms. The highest BCUT2D eigenvalue weighted by atomic mass is 16.4. The molecule has 2 aliphatic rings. The van der Waals surface area contributed by atoms with Crippen molar-refractivity contribution in [2.45, 2.75) is 51.5 Å². The van der Waals surface area contributed by atoms with Crippen molar-refractivity contribution >= 4 is 5.97 Å². The third-order valence-electron chi connectivity index (χ3n) is 5.25. The van der Waals surface area contributed by atoms with Crippen molar-refractivity contribution in [3.63, 3.8) is 0 Å². The van der Waals surface area contributed by atoms with Gasteiger partial charge in [-0.25, -0.2) is 0 Å². The Morgan fingerprint density at radius 3 is 2.43 bits per heavy atom. The fraction of sp³-hybridized carbons (Fsp3) is 0.611. The van der Waals surface area contributed by atoms with E-state index in [9.17, 15) is 9.90 Å². The van der Waals surface area contributed by atoms with Crippen LogP contribution in [0.4, 0.5) is 0 Å².